The molecule has 0 N–H and O–H groups in total. The van der Waals surface area contributed by atoms with Gasteiger partial charge in [-0.05, 0) is 43.2 Å². The first kappa shape index (κ1) is 18.8. The maximum Gasteiger partial charge on any atom is 0.267 e. The van der Waals surface area contributed by atoms with Crippen LogP contribution in [0.4, 0.5) is 0 Å². The molecule has 0 aromatic heterocycles. The minimum Gasteiger partial charge on any atom is -0.493 e. The second-order valence-electron chi connectivity index (χ2n) is 6.72. The van der Waals surface area contributed by atoms with E-state index in [4.69, 9.17) is 14.2 Å². The van der Waals surface area contributed by atoms with Crippen molar-refractivity contribution in [3.05, 3.63) is 77.4 Å². The van der Waals surface area contributed by atoms with Crippen molar-refractivity contribution in [3.8, 4) is 17.2 Å². The number of fused-ring (bicyclic) bond motifs is 1. The lowest BCUT2D eigenvalue weighted by atomic mass is 10.0. The van der Waals surface area contributed by atoms with E-state index >= 15 is 0 Å². The molecule has 2 aromatic carbocycles. The van der Waals surface area contributed by atoms with Gasteiger partial charge in [-0.3, -0.25) is 9.59 Å². The molecular formula is C23H21NO5. The summed E-state index contributed by atoms with van der Waals surface area (Å²) >= 11 is 0. The highest BCUT2D eigenvalue weighted by Gasteiger charge is 2.40. The first-order valence-electron chi connectivity index (χ1n) is 9.35. The maximum absolute atomic E-state index is 13.3. The molecule has 2 aromatic rings. The Morgan fingerprint density at radius 1 is 1.10 bits per heavy atom. The number of nitrogens with zero attached hydrogens (tertiary/aromatic N) is 1. The van der Waals surface area contributed by atoms with E-state index in [-0.39, 0.29) is 11.8 Å². The molecule has 2 amide bonds. The van der Waals surface area contributed by atoms with Gasteiger partial charge in [0.15, 0.2) is 11.5 Å². The SMILES string of the molecule is COc1ccc(C2Oc3ccccc3C(=O)N2C(=O)C2=CC=CCC2)cc1OC. The van der Waals surface area contributed by atoms with Crippen molar-refractivity contribution in [2.75, 3.05) is 14.2 Å². The van der Waals surface area contributed by atoms with Crippen LogP contribution in [0.2, 0.25) is 0 Å². The van der Waals surface area contributed by atoms with E-state index in [1.165, 1.54) is 12.0 Å². The number of methoxy groups -OCH3 is 2. The molecule has 1 aliphatic heterocycles. The van der Waals surface area contributed by atoms with Crippen molar-refractivity contribution in [1.29, 1.82) is 0 Å². The minimum atomic E-state index is -0.906. The monoisotopic (exact) mass is 391 g/mol. The summed E-state index contributed by atoms with van der Waals surface area (Å²) in [6, 6.07) is 12.2. The molecular weight excluding hydrogens is 370 g/mol. The molecule has 1 atom stereocenters. The molecule has 2 aliphatic rings. The van der Waals surface area contributed by atoms with Gasteiger partial charge >= 0.3 is 0 Å². The molecule has 1 unspecified atom stereocenters. The third kappa shape index (κ3) is 3.38. The second kappa shape index (κ2) is 7.83. The van der Waals surface area contributed by atoms with Crippen LogP contribution in [0.1, 0.15) is 35.0 Å². The van der Waals surface area contributed by atoms with Crippen molar-refractivity contribution in [1.82, 2.24) is 4.90 Å². The zero-order valence-corrected chi connectivity index (χ0v) is 16.3. The molecule has 1 aliphatic carbocycles. The van der Waals surface area contributed by atoms with E-state index in [9.17, 15) is 9.59 Å². The van der Waals surface area contributed by atoms with Gasteiger partial charge in [0, 0.05) is 11.1 Å². The first-order valence-corrected chi connectivity index (χ1v) is 9.35. The van der Waals surface area contributed by atoms with Gasteiger partial charge in [-0.2, -0.15) is 0 Å². The predicted molar refractivity (Wildman–Crippen MR) is 107 cm³/mol. The number of benzene rings is 2. The number of ether oxygens (including phenoxy) is 3. The van der Waals surface area contributed by atoms with E-state index in [1.54, 1.807) is 55.7 Å². The highest BCUT2D eigenvalue weighted by atomic mass is 16.5. The Bertz CT molecular complexity index is 1020. The number of rotatable bonds is 4. The van der Waals surface area contributed by atoms with Crippen LogP contribution in [0.25, 0.3) is 0 Å². The smallest absolute Gasteiger partial charge is 0.267 e. The van der Waals surface area contributed by atoms with Crippen molar-refractivity contribution < 1.29 is 23.8 Å². The van der Waals surface area contributed by atoms with E-state index in [0.717, 1.165) is 6.42 Å². The third-order valence-electron chi connectivity index (χ3n) is 5.01. The molecule has 0 saturated carbocycles. The molecule has 148 valence electrons. The molecule has 4 rings (SSSR count). The Balaban J connectivity index is 1.81. The molecule has 0 bridgehead atoms. The molecule has 0 saturated heterocycles. The topological polar surface area (TPSA) is 65.1 Å². The normalized spacial score (nSPS) is 17.9. The van der Waals surface area contributed by atoms with Crippen LogP contribution >= 0.6 is 0 Å². The van der Waals surface area contributed by atoms with Gasteiger partial charge in [-0.15, -0.1) is 0 Å². The fourth-order valence-corrected chi connectivity index (χ4v) is 3.51. The number of hydrogen-bond donors (Lipinski definition) is 0. The van der Waals surface area contributed by atoms with Gasteiger partial charge in [0.2, 0.25) is 6.23 Å². The largest absolute Gasteiger partial charge is 0.493 e. The van der Waals surface area contributed by atoms with Crippen LogP contribution in [0.15, 0.2) is 66.3 Å². The van der Waals surface area contributed by atoms with Crippen molar-refractivity contribution >= 4 is 11.8 Å². The fourth-order valence-electron chi connectivity index (χ4n) is 3.51. The Hall–Kier alpha value is -3.54. The van der Waals surface area contributed by atoms with Gasteiger partial charge in [-0.25, -0.2) is 4.90 Å². The van der Waals surface area contributed by atoms with E-state index in [2.05, 4.69) is 0 Å². The van der Waals surface area contributed by atoms with Crippen molar-refractivity contribution in [3.63, 3.8) is 0 Å². The molecule has 29 heavy (non-hydrogen) atoms. The Labute approximate surface area is 169 Å². The van der Waals surface area contributed by atoms with E-state index in [0.29, 0.717) is 40.4 Å². The summed E-state index contributed by atoms with van der Waals surface area (Å²) in [7, 11) is 3.08. The fraction of sp³-hybridized carbons (Fsp3) is 0.217. The lowest BCUT2D eigenvalue weighted by molar-refractivity contribution is -0.132. The van der Waals surface area contributed by atoms with Crippen molar-refractivity contribution in [2.45, 2.75) is 19.1 Å². The van der Waals surface area contributed by atoms with Gasteiger partial charge in [0.05, 0.1) is 19.8 Å². The Morgan fingerprint density at radius 3 is 2.62 bits per heavy atom. The predicted octanol–water partition coefficient (Wildman–Crippen LogP) is 4.04. The summed E-state index contributed by atoms with van der Waals surface area (Å²) in [4.78, 5) is 27.8. The number of hydrogen-bond acceptors (Lipinski definition) is 5. The highest BCUT2D eigenvalue weighted by Crippen LogP contribution is 2.39. The maximum atomic E-state index is 13.3. The highest BCUT2D eigenvalue weighted by molar-refractivity contribution is 6.12. The van der Waals surface area contributed by atoms with Crippen LogP contribution in [0.3, 0.4) is 0 Å². The van der Waals surface area contributed by atoms with Crippen LogP contribution in [0.5, 0.6) is 17.2 Å². The second-order valence-corrected chi connectivity index (χ2v) is 6.72. The number of carbonyl (C=O) groups excluding carboxylic acids is 2. The molecule has 6 nitrogen and oxygen atoms in total. The van der Waals surface area contributed by atoms with Crippen LogP contribution < -0.4 is 14.2 Å². The molecule has 1 heterocycles. The van der Waals surface area contributed by atoms with Crippen molar-refractivity contribution in [2.24, 2.45) is 0 Å². The summed E-state index contributed by atoms with van der Waals surface area (Å²) in [5.74, 6) is 0.753. The summed E-state index contributed by atoms with van der Waals surface area (Å²) in [5, 5.41) is 0. The average molecular weight is 391 g/mol. The number of allylic oxidation sites excluding steroid dienone is 3. The lowest BCUT2D eigenvalue weighted by Gasteiger charge is -2.36. The number of amides is 2. The van der Waals surface area contributed by atoms with Gasteiger partial charge in [-0.1, -0.05) is 30.4 Å². The molecule has 0 fully saturated rings. The summed E-state index contributed by atoms with van der Waals surface area (Å²) in [6.45, 7) is 0. The quantitative estimate of drug-likeness (QED) is 0.736. The third-order valence-corrected chi connectivity index (χ3v) is 5.01. The van der Waals surface area contributed by atoms with E-state index in [1.807, 2.05) is 12.2 Å². The minimum absolute atomic E-state index is 0.353. The number of imide groups is 1. The van der Waals surface area contributed by atoms with Gasteiger partial charge in [0.1, 0.15) is 5.75 Å². The standard InChI is InChI=1S/C23H21NO5/c1-27-19-13-12-16(14-20(19)28-2)23-24(21(25)15-8-4-3-5-9-15)22(26)17-10-6-7-11-18(17)29-23/h3-4,6-8,10-14,23H,5,9H2,1-2H3. The molecule has 0 spiro atoms. The molecule has 6 heteroatoms. The number of para-hydroxylation sites is 1. The zero-order chi connectivity index (χ0) is 20.4. The summed E-state index contributed by atoms with van der Waals surface area (Å²) in [6.07, 6.45) is 6.03. The van der Waals surface area contributed by atoms with E-state index < -0.39 is 6.23 Å². The van der Waals surface area contributed by atoms with Gasteiger partial charge < -0.3 is 14.2 Å². The van der Waals surface area contributed by atoms with Crippen LogP contribution in [-0.2, 0) is 4.79 Å². The lowest BCUT2D eigenvalue weighted by Crippen LogP contribution is -2.46. The zero-order valence-electron chi connectivity index (χ0n) is 16.3. The summed E-state index contributed by atoms with van der Waals surface area (Å²) in [5.41, 5.74) is 1.56. The Morgan fingerprint density at radius 2 is 1.90 bits per heavy atom. The average Bonchev–Trinajstić information content (AvgIpc) is 2.78. The summed E-state index contributed by atoms with van der Waals surface area (Å²) < 4.78 is 16.8. The first-order chi connectivity index (χ1) is 14.1. The van der Waals surface area contributed by atoms with Crippen LogP contribution in [0, 0.1) is 0 Å². The number of carbonyl (C=O) groups is 2. The molecule has 0 radical (unpaired) electrons. The Kier molecular flexibility index (Phi) is 5.08. The van der Waals surface area contributed by atoms with Crippen LogP contribution in [-0.4, -0.2) is 30.9 Å². The van der Waals surface area contributed by atoms with Gasteiger partial charge in [0.25, 0.3) is 11.8 Å².